The number of rotatable bonds is 7. The third-order valence-electron chi connectivity index (χ3n) is 5.04. The monoisotopic (exact) mass is 386 g/mol. The Morgan fingerprint density at radius 1 is 0.690 bits per heavy atom. The minimum Gasteiger partial charge on any atom is -0.487 e. The van der Waals surface area contributed by atoms with Gasteiger partial charge in [-0.25, -0.2) is 0 Å². The van der Waals surface area contributed by atoms with E-state index in [-0.39, 0.29) is 18.3 Å². The Balaban J connectivity index is 1.53. The van der Waals surface area contributed by atoms with Crippen LogP contribution >= 0.6 is 0 Å². The van der Waals surface area contributed by atoms with Gasteiger partial charge in [-0.3, -0.25) is 0 Å². The summed E-state index contributed by atoms with van der Waals surface area (Å²) in [5.74, 6) is 0.843. The molecule has 1 aliphatic heterocycles. The molecule has 0 bridgehead atoms. The van der Waals surface area contributed by atoms with Gasteiger partial charge in [0.25, 0.3) is 0 Å². The average molecular weight is 386 g/mol. The summed E-state index contributed by atoms with van der Waals surface area (Å²) in [7, 11) is 0. The van der Waals surface area contributed by atoms with Crippen molar-refractivity contribution < 1.29 is 14.2 Å². The van der Waals surface area contributed by atoms with Crippen molar-refractivity contribution in [3.8, 4) is 0 Å². The Morgan fingerprint density at radius 2 is 1.21 bits per heavy atom. The van der Waals surface area contributed by atoms with Crippen molar-refractivity contribution >= 4 is 5.76 Å². The van der Waals surface area contributed by atoms with Crippen LogP contribution in [-0.4, -0.2) is 18.3 Å². The van der Waals surface area contributed by atoms with E-state index in [4.69, 9.17) is 14.2 Å². The molecule has 0 aromatic heterocycles. The Hall–Kier alpha value is -2.88. The van der Waals surface area contributed by atoms with E-state index in [0.717, 1.165) is 22.4 Å². The summed E-state index contributed by atoms with van der Waals surface area (Å²) in [6.07, 6.45) is 1.54. The average Bonchev–Trinajstić information content (AvgIpc) is 2.79. The summed E-state index contributed by atoms with van der Waals surface area (Å²) < 4.78 is 18.8. The van der Waals surface area contributed by atoms with Gasteiger partial charge < -0.3 is 14.2 Å². The second kappa shape index (κ2) is 9.55. The fraction of sp³-hybridized carbons (Fsp3) is 0.231. The highest BCUT2D eigenvalue weighted by Gasteiger charge is 2.34. The van der Waals surface area contributed by atoms with Crippen LogP contribution in [0.25, 0.3) is 5.76 Å². The van der Waals surface area contributed by atoms with Crippen molar-refractivity contribution in [2.45, 2.75) is 38.4 Å². The Bertz CT molecular complexity index is 906. The van der Waals surface area contributed by atoms with Gasteiger partial charge in [-0.2, -0.15) is 0 Å². The van der Waals surface area contributed by atoms with Crippen molar-refractivity contribution in [3.05, 3.63) is 114 Å². The molecule has 3 atom stereocenters. The molecule has 0 saturated heterocycles. The summed E-state index contributed by atoms with van der Waals surface area (Å²) in [6, 6.07) is 30.6. The predicted octanol–water partition coefficient (Wildman–Crippen LogP) is 5.62. The van der Waals surface area contributed by atoms with E-state index in [1.165, 1.54) is 0 Å². The SMILES string of the molecule is CC1OC(c2ccccc2)=CC(OCc2ccccc2)C1OCc1ccccc1. The molecular formula is C26H26O3. The van der Waals surface area contributed by atoms with Gasteiger partial charge in [0.1, 0.15) is 24.1 Å². The summed E-state index contributed by atoms with van der Waals surface area (Å²) in [4.78, 5) is 0. The lowest BCUT2D eigenvalue weighted by Crippen LogP contribution is -2.43. The molecule has 3 aromatic rings. The van der Waals surface area contributed by atoms with Gasteiger partial charge in [-0.05, 0) is 24.1 Å². The highest BCUT2D eigenvalue weighted by Crippen LogP contribution is 2.30. The third kappa shape index (κ3) is 5.14. The van der Waals surface area contributed by atoms with E-state index in [2.05, 4.69) is 36.4 Å². The molecule has 4 rings (SSSR count). The van der Waals surface area contributed by atoms with Crippen LogP contribution in [0.5, 0.6) is 0 Å². The molecule has 0 amide bonds. The first kappa shape index (κ1) is 19.4. The van der Waals surface area contributed by atoms with Crippen LogP contribution in [0.3, 0.4) is 0 Å². The van der Waals surface area contributed by atoms with Crippen LogP contribution in [0, 0.1) is 0 Å². The molecule has 0 aliphatic carbocycles. The minimum atomic E-state index is -0.196. The van der Waals surface area contributed by atoms with Gasteiger partial charge >= 0.3 is 0 Å². The topological polar surface area (TPSA) is 27.7 Å². The van der Waals surface area contributed by atoms with E-state index in [0.29, 0.717) is 13.2 Å². The maximum atomic E-state index is 6.31. The molecule has 3 heteroatoms. The van der Waals surface area contributed by atoms with Crippen molar-refractivity contribution in [2.24, 2.45) is 0 Å². The van der Waals surface area contributed by atoms with Gasteiger partial charge in [0.2, 0.25) is 0 Å². The zero-order valence-corrected chi connectivity index (χ0v) is 16.6. The second-order valence-corrected chi connectivity index (χ2v) is 7.24. The molecule has 0 saturated carbocycles. The fourth-order valence-corrected chi connectivity index (χ4v) is 3.49. The smallest absolute Gasteiger partial charge is 0.125 e. The van der Waals surface area contributed by atoms with Gasteiger partial charge in [-0.1, -0.05) is 91.0 Å². The summed E-state index contributed by atoms with van der Waals surface area (Å²) >= 11 is 0. The molecule has 0 spiro atoms. The van der Waals surface area contributed by atoms with E-state index in [1.807, 2.05) is 67.6 Å². The van der Waals surface area contributed by atoms with Gasteiger partial charge in [-0.15, -0.1) is 0 Å². The van der Waals surface area contributed by atoms with Crippen molar-refractivity contribution in [2.75, 3.05) is 0 Å². The normalized spacial score (nSPS) is 21.3. The first-order valence-electron chi connectivity index (χ1n) is 10.0. The summed E-state index contributed by atoms with van der Waals surface area (Å²) in [6.45, 7) is 3.10. The van der Waals surface area contributed by atoms with E-state index < -0.39 is 0 Å². The number of ether oxygens (including phenoxy) is 3. The maximum Gasteiger partial charge on any atom is 0.125 e. The molecule has 3 unspecified atom stereocenters. The first-order chi connectivity index (χ1) is 14.3. The van der Waals surface area contributed by atoms with Crippen LogP contribution in [-0.2, 0) is 27.4 Å². The van der Waals surface area contributed by atoms with Crippen molar-refractivity contribution in [1.82, 2.24) is 0 Å². The first-order valence-corrected chi connectivity index (χ1v) is 10.0. The maximum absolute atomic E-state index is 6.31. The van der Waals surface area contributed by atoms with Gasteiger partial charge in [0.05, 0.1) is 13.2 Å². The predicted molar refractivity (Wildman–Crippen MR) is 115 cm³/mol. The standard InChI is InChI=1S/C26H26O3/c1-20-26(28-19-22-13-7-3-8-14-22)25(27-18-21-11-5-2-6-12-21)17-24(29-20)23-15-9-4-10-16-23/h2-17,20,25-26H,18-19H2,1H3. The highest BCUT2D eigenvalue weighted by molar-refractivity contribution is 5.61. The van der Waals surface area contributed by atoms with Crippen LogP contribution in [0.4, 0.5) is 0 Å². The highest BCUT2D eigenvalue weighted by atomic mass is 16.6. The molecule has 148 valence electrons. The minimum absolute atomic E-state index is 0.125. The number of hydrogen-bond acceptors (Lipinski definition) is 3. The number of hydrogen-bond donors (Lipinski definition) is 0. The fourth-order valence-electron chi connectivity index (χ4n) is 3.49. The quantitative estimate of drug-likeness (QED) is 0.528. The van der Waals surface area contributed by atoms with E-state index in [9.17, 15) is 0 Å². The largest absolute Gasteiger partial charge is 0.487 e. The zero-order valence-electron chi connectivity index (χ0n) is 16.6. The van der Waals surface area contributed by atoms with Crippen LogP contribution in [0.1, 0.15) is 23.6 Å². The Kier molecular flexibility index (Phi) is 6.40. The van der Waals surface area contributed by atoms with Crippen LogP contribution < -0.4 is 0 Å². The molecule has 0 radical (unpaired) electrons. The third-order valence-corrected chi connectivity index (χ3v) is 5.04. The molecular weight excluding hydrogens is 360 g/mol. The summed E-state index contributed by atoms with van der Waals surface area (Å²) in [5.41, 5.74) is 3.33. The van der Waals surface area contributed by atoms with E-state index in [1.54, 1.807) is 0 Å². The molecule has 1 aliphatic rings. The Morgan fingerprint density at radius 3 is 1.79 bits per heavy atom. The van der Waals surface area contributed by atoms with Gasteiger partial charge in [0, 0.05) is 5.56 Å². The van der Waals surface area contributed by atoms with Crippen molar-refractivity contribution in [3.63, 3.8) is 0 Å². The number of benzene rings is 3. The zero-order chi connectivity index (χ0) is 19.9. The van der Waals surface area contributed by atoms with Crippen LogP contribution in [0.15, 0.2) is 97.1 Å². The molecule has 29 heavy (non-hydrogen) atoms. The van der Waals surface area contributed by atoms with Crippen molar-refractivity contribution in [1.29, 1.82) is 0 Å². The summed E-state index contributed by atoms with van der Waals surface area (Å²) in [5, 5.41) is 0. The van der Waals surface area contributed by atoms with Gasteiger partial charge in [0.15, 0.2) is 0 Å². The molecule has 1 heterocycles. The lowest BCUT2D eigenvalue weighted by atomic mass is 10.0. The molecule has 3 nitrogen and oxygen atoms in total. The molecule has 3 aromatic carbocycles. The lowest BCUT2D eigenvalue weighted by Gasteiger charge is -2.35. The Labute approximate surface area is 172 Å². The molecule has 0 fully saturated rings. The second-order valence-electron chi connectivity index (χ2n) is 7.24. The van der Waals surface area contributed by atoms with Crippen LogP contribution in [0.2, 0.25) is 0 Å². The van der Waals surface area contributed by atoms with E-state index >= 15 is 0 Å². The lowest BCUT2D eigenvalue weighted by molar-refractivity contribution is -0.119. The molecule has 0 N–H and O–H groups in total.